The molecule has 1 saturated heterocycles. The van der Waals surface area contributed by atoms with Gasteiger partial charge in [-0.3, -0.25) is 4.79 Å². The zero-order valence-electron chi connectivity index (χ0n) is 10.9. The molecule has 0 aliphatic carbocycles. The minimum Gasteiger partial charge on any atom is -0.380 e. The molecule has 0 saturated carbocycles. The van der Waals surface area contributed by atoms with E-state index in [1.807, 2.05) is 41.3 Å². The van der Waals surface area contributed by atoms with Gasteiger partial charge in [0.1, 0.15) is 0 Å². The van der Waals surface area contributed by atoms with E-state index in [1.54, 1.807) is 11.3 Å². The first-order valence-electron chi connectivity index (χ1n) is 6.61. The van der Waals surface area contributed by atoms with E-state index < -0.39 is 0 Å². The summed E-state index contributed by atoms with van der Waals surface area (Å²) in [5.74, 6) is 0.221. The van der Waals surface area contributed by atoms with Crippen LogP contribution in [-0.2, 0) is 11.3 Å². The fourth-order valence-corrected chi connectivity index (χ4v) is 3.34. The quantitative estimate of drug-likeness (QED) is 0.920. The third kappa shape index (κ3) is 2.97. The summed E-state index contributed by atoms with van der Waals surface area (Å²) in [6, 6.07) is 11.9. The molecular weight excluding hydrogens is 292 g/mol. The van der Waals surface area contributed by atoms with Crippen molar-refractivity contribution < 1.29 is 4.79 Å². The minimum atomic E-state index is 0.221. The Hall–Kier alpha value is -1.52. The Kier molecular flexibility index (Phi) is 3.94. The summed E-state index contributed by atoms with van der Waals surface area (Å²) in [4.78, 5) is 14.7. The average molecular weight is 307 g/mol. The van der Waals surface area contributed by atoms with E-state index in [4.69, 9.17) is 11.6 Å². The summed E-state index contributed by atoms with van der Waals surface area (Å²) >= 11 is 7.48. The van der Waals surface area contributed by atoms with E-state index in [1.165, 1.54) is 4.88 Å². The van der Waals surface area contributed by atoms with Gasteiger partial charge in [0.05, 0.1) is 4.34 Å². The molecule has 0 spiro atoms. The van der Waals surface area contributed by atoms with Gasteiger partial charge in [-0.2, -0.15) is 0 Å². The molecule has 2 aromatic rings. The SMILES string of the molecule is O=C1CCCN1c1ccc(NCc2ccc(Cl)s2)cc1. The number of amides is 1. The van der Waals surface area contributed by atoms with E-state index in [-0.39, 0.29) is 5.91 Å². The summed E-state index contributed by atoms with van der Waals surface area (Å²) in [6.07, 6.45) is 1.62. The molecule has 5 heteroatoms. The third-order valence-electron chi connectivity index (χ3n) is 3.35. The molecule has 0 bridgehead atoms. The Morgan fingerprint density at radius 1 is 1.20 bits per heavy atom. The van der Waals surface area contributed by atoms with Crippen LogP contribution in [0.25, 0.3) is 0 Å². The first-order valence-corrected chi connectivity index (χ1v) is 7.80. The Morgan fingerprint density at radius 3 is 2.60 bits per heavy atom. The molecule has 1 aromatic carbocycles. The highest BCUT2D eigenvalue weighted by atomic mass is 35.5. The van der Waals surface area contributed by atoms with Crippen molar-refractivity contribution in [2.24, 2.45) is 0 Å². The summed E-state index contributed by atoms with van der Waals surface area (Å²) in [5.41, 5.74) is 2.03. The van der Waals surface area contributed by atoms with Crippen molar-refractivity contribution in [3.05, 3.63) is 45.6 Å². The standard InChI is InChI=1S/C15H15ClN2OS/c16-14-8-7-13(20-14)10-17-11-3-5-12(6-4-11)18-9-1-2-15(18)19/h3-8,17H,1-2,9-10H2. The maximum Gasteiger partial charge on any atom is 0.227 e. The number of hydrogen-bond acceptors (Lipinski definition) is 3. The van der Waals surface area contributed by atoms with Crippen molar-refractivity contribution in [3.8, 4) is 0 Å². The van der Waals surface area contributed by atoms with Crippen molar-refractivity contribution >= 4 is 40.2 Å². The summed E-state index contributed by atoms with van der Waals surface area (Å²) in [7, 11) is 0. The maximum absolute atomic E-state index is 11.7. The van der Waals surface area contributed by atoms with Crippen molar-refractivity contribution in [2.75, 3.05) is 16.8 Å². The van der Waals surface area contributed by atoms with Crippen LogP contribution in [-0.4, -0.2) is 12.5 Å². The summed E-state index contributed by atoms with van der Waals surface area (Å²) in [5, 5.41) is 3.35. The highest BCUT2D eigenvalue weighted by molar-refractivity contribution is 7.16. The second kappa shape index (κ2) is 5.85. The van der Waals surface area contributed by atoms with Crippen LogP contribution in [0.4, 0.5) is 11.4 Å². The number of benzene rings is 1. The van der Waals surface area contributed by atoms with Gasteiger partial charge in [0, 0.05) is 35.8 Å². The number of anilines is 2. The first-order chi connectivity index (χ1) is 9.72. The van der Waals surface area contributed by atoms with Gasteiger partial charge < -0.3 is 10.2 Å². The highest BCUT2D eigenvalue weighted by Gasteiger charge is 2.21. The van der Waals surface area contributed by atoms with Crippen molar-refractivity contribution in [2.45, 2.75) is 19.4 Å². The molecule has 0 unspecified atom stereocenters. The number of carbonyl (C=O) groups is 1. The van der Waals surface area contributed by atoms with Crippen LogP contribution in [0.2, 0.25) is 4.34 Å². The topological polar surface area (TPSA) is 32.3 Å². The molecule has 1 aliphatic rings. The molecule has 2 heterocycles. The summed E-state index contributed by atoms with van der Waals surface area (Å²) in [6.45, 7) is 1.60. The summed E-state index contributed by atoms with van der Waals surface area (Å²) < 4.78 is 0.810. The Labute approximate surface area is 127 Å². The predicted octanol–water partition coefficient (Wildman–Crippen LogP) is 4.14. The minimum absolute atomic E-state index is 0.221. The van der Waals surface area contributed by atoms with Gasteiger partial charge in [-0.25, -0.2) is 0 Å². The number of rotatable bonds is 4. The monoisotopic (exact) mass is 306 g/mol. The van der Waals surface area contributed by atoms with E-state index in [0.29, 0.717) is 6.42 Å². The number of carbonyl (C=O) groups excluding carboxylic acids is 1. The van der Waals surface area contributed by atoms with Crippen LogP contribution in [0.5, 0.6) is 0 Å². The van der Waals surface area contributed by atoms with Gasteiger partial charge in [0.2, 0.25) is 5.91 Å². The fraction of sp³-hybridized carbons (Fsp3) is 0.267. The molecule has 3 rings (SSSR count). The first kappa shape index (κ1) is 13.5. The maximum atomic E-state index is 11.7. The van der Waals surface area contributed by atoms with E-state index in [2.05, 4.69) is 5.32 Å². The average Bonchev–Trinajstić information content (AvgIpc) is 3.06. The smallest absolute Gasteiger partial charge is 0.227 e. The lowest BCUT2D eigenvalue weighted by molar-refractivity contribution is -0.117. The molecule has 1 amide bonds. The lowest BCUT2D eigenvalue weighted by Gasteiger charge is -2.16. The molecule has 104 valence electrons. The van der Waals surface area contributed by atoms with Crippen LogP contribution in [0.1, 0.15) is 17.7 Å². The Balaban J connectivity index is 1.62. The second-order valence-electron chi connectivity index (χ2n) is 4.76. The number of nitrogens with one attached hydrogen (secondary N) is 1. The van der Waals surface area contributed by atoms with Crippen molar-refractivity contribution in [3.63, 3.8) is 0 Å². The number of halogens is 1. The van der Waals surface area contributed by atoms with Gasteiger partial charge in [-0.1, -0.05) is 11.6 Å². The van der Waals surface area contributed by atoms with Crippen LogP contribution in [0, 0.1) is 0 Å². The van der Waals surface area contributed by atoms with Crippen LogP contribution < -0.4 is 10.2 Å². The molecule has 1 aliphatic heterocycles. The van der Waals surface area contributed by atoms with Crippen LogP contribution in [0.3, 0.4) is 0 Å². The molecule has 1 N–H and O–H groups in total. The van der Waals surface area contributed by atoms with Crippen molar-refractivity contribution in [1.29, 1.82) is 0 Å². The van der Waals surface area contributed by atoms with Crippen LogP contribution >= 0.6 is 22.9 Å². The Bertz CT molecular complexity index is 609. The van der Waals surface area contributed by atoms with Gasteiger partial charge in [0.15, 0.2) is 0 Å². The fourth-order valence-electron chi connectivity index (χ4n) is 2.32. The van der Waals surface area contributed by atoms with Gasteiger partial charge >= 0.3 is 0 Å². The number of nitrogens with zero attached hydrogens (tertiary/aromatic N) is 1. The second-order valence-corrected chi connectivity index (χ2v) is 6.55. The van der Waals surface area contributed by atoms with Gasteiger partial charge in [-0.15, -0.1) is 11.3 Å². The molecular formula is C15H15ClN2OS. The molecule has 0 atom stereocenters. The van der Waals surface area contributed by atoms with Crippen molar-refractivity contribution in [1.82, 2.24) is 0 Å². The lowest BCUT2D eigenvalue weighted by atomic mass is 10.2. The van der Waals surface area contributed by atoms with E-state index in [0.717, 1.165) is 35.2 Å². The zero-order chi connectivity index (χ0) is 13.9. The van der Waals surface area contributed by atoms with E-state index >= 15 is 0 Å². The predicted molar refractivity (Wildman–Crippen MR) is 84.7 cm³/mol. The van der Waals surface area contributed by atoms with Gasteiger partial charge in [0.25, 0.3) is 0 Å². The lowest BCUT2D eigenvalue weighted by Crippen LogP contribution is -2.23. The molecule has 3 nitrogen and oxygen atoms in total. The van der Waals surface area contributed by atoms with Gasteiger partial charge in [-0.05, 0) is 42.8 Å². The number of thiophene rings is 1. The Morgan fingerprint density at radius 2 is 2.00 bits per heavy atom. The molecule has 0 radical (unpaired) electrons. The zero-order valence-corrected chi connectivity index (χ0v) is 12.5. The normalized spacial score (nSPS) is 14.8. The molecule has 1 aromatic heterocycles. The largest absolute Gasteiger partial charge is 0.380 e. The third-order valence-corrected chi connectivity index (χ3v) is 4.58. The molecule has 20 heavy (non-hydrogen) atoms. The van der Waals surface area contributed by atoms with Crippen LogP contribution in [0.15, 0.2) is 36.4 Å². The van der Waals surface area contributed by atoms with E-state index in [9.17, 15) is 4.79 Å². The number of hydrogen-bond donors (Lipinski definition) is 1. The molecule has 1 fully saturated rings. The highest BCUT2D eigenvalue weighted by Crippen LogP contribution is 2.25.